The number of furan rings is 2. The van der Waals surface area contributed by atoms with Crippen molar-refractivity contribution >= 4 is 76.2 Å². The van der Waals surface area contributed by atoms with Crippen molar-refractivity contribution in [2.45, 2.75) is 12.5 Å². The molecule has 0 radical (unpaired) electrons. The first-order chi connectivity index (χ1) is 26.3. The molecule has 1 aliphatic rings. The van der Waals surface area contributed by atoms with E-state index in [4.69, 9.17) is 13.6 Å². The fraction of sp³-hybridized carbons (Fsp3) is 0.0400. The molecule has 2 aromatic heterocycles. The lowest BCUT2D eigenvalue weighted by Crippen LogP contribution is -2.02. The van der Waals surface area contributed by atoms with Gasteiger partial charge in [0.15, 0.2) is 0 Å². The molecule has 248 valence electrons. The van der Waals surface area contributed by atoms with E-state index >= 15 is 0 Å². The molecule has 0 N–H and O–H groups in total. The second-order valence-corrected chi connectivity index (χ2v) is 14.2. The summed E-state index contributed by atoms with van der Waals surface area (Å²) in [4.78, 5) is 0. The zero-order valence-electron chi connectivity index (χ0n) is 28.6. The van der Waals surface area contributed by atoms with E-state index in [2.05, 4.69) is 152 Å². The third kappa shape index (κ3) is 4.10. The Balaban J connectivity index is 1.16. The molecule has 0 fully saturated rings. The Morgan fingerprint density at radius 1 is 0.415 bits per heavy atom. The van der Waals surface area contributed by atoms with Crippen molar-refractivity contribution in [2.24, 2.45) is 0 Å². The summed E-state index contributed by atoms with van der Waals surface area (Å²) in [5, 5.41) is 11.6. The number of fused-ring (bicyclic) bond motifs is 12. The van der Waals surface area contributed by atoms with Crippen molar-refractivity contribution in [1.82, 2.24) is 0 Å². The molecule has 12 rings (SSSR count). The van der Waals surface area contributed by atoms with E-state index in [1.165, 1.54) is 54.6 Å². The smallest absolute Gasteiger partial charge is 0.139 e. The molecule has 11 aromatic rings. The average molecular weight is 679 g/mol. The first kappa shape index (κ1) is 28.8. The maximum absolute atomic E-state index is 6.98. The van der Waals surface area contributed by atoms with Crippen LogP contribution in [0.4, 0.5) is 0 Å². The van der Waals surface area contributed by atoms with E-state index < -0.39 is 0 Å². The average Bonchev–Trinajstić information content (AvgIpc) is 3.93. The van der Waals surface area contributed by atoms with Crippen LogP contribution in [0.5, 0.6) is 5.75 Å². The van der Waals surface area contributed by atoms with Crippen LogP contribution < -0.4 is 4.74 Å². The standard InChI is InChI=1S/C50H30O3/c1-2-13-30(14-3-1)44-28-39-38(27-45-49(50(39)53-44)37-20-10-11-21-41(37)52-45)47-35-18-8-6-16-33(35)46(34-17-7-9-19-36(34)47)31-23-24-42-40(26-31)48-32-15-5-4-12-29(32)22-25-43(48)51-42/h1-27,44H,28H2. The van der Waals surface area contributed by atoms with Gasteiger partial charge in [-0.25, -0.2) is 0 Å². The summed E-state index contributed by atoms with van der Waals surface area (Å²) in [6.07, 6.45) is 0.681. The van der Waals surface area contributed by atoms with Gasteiger partial charge >= 0.3 is 0 Å². The van der Waals surface area contributed by atoms with Crippen molar-refractivity contribution in [2.75, 3.05) is 0 Å². The van der Waals surface area contributed by atoms with Gasteiger partial charge in [-0.05, 0) is 90.5 Å². The van der Waals surface area contributed by atoms with Crippen LogP contribution in [0.25, 0.3) is 98.4 Å². The number of ether oxygens (including phenoxy) is 1. The molecule has 3 nitrogen and oxygen atoms in total. The highest BCUT2D eigenvalue weighted by Gasteiger charge is 2.32. The molecule has 0 amide bonds. The van der Waals surface area contributed by atoms with Crippen molar-refractivity contribution < 1.29 is 13.6 Å². The van der Waals surface area contributed by atoms with Gasteiger partial charge in [0.05, 0.1) is 5.39 Å². The molecule has 9 aromatic carbocycles. The Morgan fingerprint density at radius 3 is 1.79 bits per heavy atom. The van der Waals surface area contributed by atoms with Gasteiger partial charge in [-0.15, -0.1) is 0 Å². The van der Waals surface area contributed by atoms with Gasteiger partial charge in [-0.3, -0.25) is 0 Å². The zero-order chi connectivity index (χ0) is 34.6. The molecular weight excluding hydrogens is 649 g/mol. The maximum Gasteiger partial charge on any atom is 0.139 e. The lowest BCUT2D eigenvalue weighted by atomic mass is 9.83. The van der Waals surface area contributed by atoms with E-state index in [1.54, 1.807) is 0 Å². The highest BCUT2D eigenvalue weighted by atomic mass is 16.5. The number of benzene rings is 9. The Morgan fingerprint density at radius 2 is 1.02 bits per heavy atom. The topological polar surface area (TPSA) is 35.5 Å². The Bertz CT molecular complexity index is 3230. The minimum Gasteiger partial charge on any atom is -0.484 e. The Kier molecular flexibility index (Phi) is 5.89. The molecule has 1 atom stereocenters. The van der Waals surface area contributed by atoms with Crippen LogP contribution in [0.3, 0.4) is 0 Å². The second kappa shape index (κ2) is 10.8. The monoisotopic (exact) mass is 678 g/mol. The van der Waals surface area contributed by atoms with Crippen molar-refractivity contribution in [3.8, 4) is 28.0 Å². The first-order valence-corrected chi connectivity index (χ1v) is 18.3. The summed E-state index contributed by atoms with van der Waals surface area (Å²) in [5.41, 5.74) is 10.7. The number of para-hydroxylation sites is 1. The largest absolute Gasteiger partial charge is 0.484 e. The molecule has 3 heteroatoms. The molecule has 0 aliphatic carbocycles. The summed E-state index contributed by atoms with van der Waals surface area (Å²) in [6, 6.07) is 58.4. The zero-order valence-corrected chi connectivity index (χ0v) is 28.6. The van der Waals surface area contributed by atoms with E-state index in [1.807, 2.05) is 12.1 Å². The fourth-order valence-corrected chi connectivity index (χ4v) is 9.10. The molecule has 1 unspecified atom stereocenters. The molecule has 0 spiro atoms. The van der Waals surface area contributed by atoms with E-state index in [0.29, 0.717) is 0 Å². The van der Waals surface area contributed by atoms with Gasteiger partial charge in [0, 0.05) is 28.1 Å². The first-order valence-electron chi connectivity index (χ1n) is 18.3. The predicted octanol–water partition coefficient (Wildman–Crippen LogP) is 14.0. The SMILES string of the molecule is c1ccc(C2Cc3c(-c4c5ccccc5c(-c5ccc6oc7ccc8ccccc8c7c6c5)c5ccccc45)cc4oc5ccccc5c4c3O2)cc1. The van der Waals surface area contributed by atoms with Crippen LogP contribution in [0.15, 0.2) is 173 Å². The summed E-state index contributed by atoms with van der Waals surface area (Å²) >= 11 is 0. The van der Waals surface area contributed by atoms with Gasteiger partial charge < -0.3 is 13.6 Å². The van der Waals surface area contributed by atoms with Gasteiger partial charge in [-0.1, -0.05) is 133 Å². The fourth-order valence-electron chi connectivity index (χ4n) is 9.10. The molecule has 0 saturated carbocycles. The van der Waals surface area contributed by atoms with Crippen LogP contribution >= 0.6 is 0 Å². The summed E-state index contributed by atoms with van der Waals surface area (Å²) in [7, 11) is 0. The van der Waals surface area contributed by atoms with Crippen LogP contribution in [0.2, 0.25) is 0 Å². The second-order valence-electron chi connectivity index (χ2n) is 14.2. The van der Waals surface area contributed by atoms with Gasteiger partial charge in [0.25, 0.3) is 0 Å². The molecular formula is C50H30O3. The minimum absolute atomic E-state index is 0.0893. The van der Waals surface area contributed by atoms with Crippen LogP contribution in [-0.4, -0.2) is 0 Å². The Hall–Kier alpha value is -6.84. The van der Waals surface area contributed by atoms with Crippen molar-refractivity contribution in [3.63, 3.8) is 0 Å². The van der Waals surface area contributed by atoms with Gasteiger partial charge in [-0.2, -0.15) is 0 Å². The molecule has 0 bridgehead atoms. The summed E-state index contributed by atoms with van der Waals surface area (Å²) in [6.45, 7) is 0. The van der Waals surface area contributed by atoms with Gasteiger partial charge in [0.2, 0.25) is 0 Å². The van der Waals surface area contributed by atoms with Crippen molar-refractivity contribution in [1.29, 1.82) is 0 Å². The van der Waals surface area contributed by atoms with E-state index in [0.717, 1.165) is 67.2 Å². The van der Waals surface area contributed by atoms with Crippen LogP contribution in [-0.2, 0) is 6.42 Å². The summed E-state index contributed by atoms with van der Waals surface area (Å²) in [5.74, 6) is 0.929. The number of hydrogen-bond acceptors (Lipinski definition) is 3. The van der Waals surface area contributed by atoms with Gasteiger partial charge in [0.1, 0.15) is 34.2 Å². The normalized spacial score (nSPS) is 14.3. The van der Waals surface area contributed by atoms with Crippen LogP contribution in [0, 0.1) is 0 Å². The highest BCUT2D eigenvalue weighted by Crippen LogP contribution is 2.53. The maximum atomic E-state index is 6.98. The molecule has 3 heterocycles. The van der Waals surface area contributed by atoms with E-state index in [9.17, 15) is 0 Å². The quantitative estimate of drug-likeness (QED) is 0.175. The highest BCUT2D eigenvalue weighted by molar-refractivity contribution is 6.24. The van der Waals surface area contributed by atoms with Crippen LogP contribution in [0.1, 0.15) is 17.2 Å². The minimum atomic E-state index is -0.0893. The van der Waals surface area contributed by atoms with Crippen molar-refractivity contribution in [3.05, 3.63) is 175 Å². The third-order valence-corrected chi connectivity index (χ3v) is 11.4. The lowest BCUT2D eigenvalue weighted by Gasteiger charge is -2.19. The number of hydrogen-bond donors (Lipinski definition) is 0. The Labute approximate surface area is 304 Å². The van der Waals surface area contributed by atoms with E-state index in [-0.39, 0.29) is 6.10 Å². The third-order valence-electron chi connectivity index (χ3n) is 11.4. The lowest BCUT2D eigenvalue weighted by molar-refractivity contribution is 0.241. The summed E-state index contributed by atoms with van der Waals surface area (Å²) < 4.78 is 20.0. The molecule has 53 heavy (non-hydrogen) atoms. The molecule has 1 aliphatic heterocycles. The number of rotatable bonds is 3. The molecule has 0 saturated heterocycles. The predicted molar refractivity (Wildman–Crippen MR) is 218 cm³/mol.